The Hall–Kier alpha value is -1.00. The molecule has 2 aliphatic rings. The summed E-state index contributed by atoms with van der Waals surface area (Å²) in [5.74, 6) is 1.09. The molecule has 2 fully saturated rings. The number of rotatable bonds is 5. The molecule has 1 aromatic carbocycles. The van der Waals surface area contributed by atoms with Gasteiger partial charge in [0.15, 0.2) is 0 Å². The van der Waals surface area contributed by atoms with Gasteiger partial charge in [0, 0.05) is 11.4 Å². The zero-order valence-corrected chi connectivity index (χ0v) is 12.8. The van der Waals surface area contributed by atoms with Crippen LogP contribution in [0.15, 0.2) is 29.2 Å². The van der Waals surface area contributed by atoms with Crippen molar-refractivity contribution in [2.24, 2.45) is 5.92 Å². The lowest BCUT2D eigenvalue weighted by molar-refractivity contribution is -0.128. The van der Waals surface area contributed by atoms with Gasteiger partial charge in [-0.2, -0.15) is 0 Å². The number of nitrogens with zero attached hydrogens (tertiary/aromatic N) is 1. The fourth-order valence-electron chi connectivity index (χ4n) is 2.98. The van der Waals surface area contributed by atoms with E-state index in [-0.39, 0.29) is 12.1 Å². The predicted molar refractivity (Wildman–Crippen MR) is 82.6 cm³/mol. The lowest BCUT2D eigenvalue weighted by atomic mass is 9.83. The minimum atomic E-state index is 0.0680. The fraction of sp³-hybridized carbons (Fsp3) is 0.562. The van der Waals surface area contributed by atoms with Crippen LogP contribution in [0.5, 0.6) is 0 Å². The Morgan fingerprint density at radius 2 is 2.05 bits per heavy atom. The van der Waals surface area contributed by atoms with Crippen LogP contribution < -0.4 is 5.32 Å². The summed E-state index contributed by atoms with van der Waals surface area (Å²) in [4.78, 5) is 15.3. The Labute approximate surface area is 125 Å². The number of benzene rings is 1. The van der Waals surface area contributed by atoms with Crippen LogP contribution in [0.25, 0.3) is 0 Å². The summed E-state index contributed by atoms with van der Waals surface area (Å²) in [6, 6.07) is 8.54. The van der Waals surface area contributed by atoms with Crippen molar-refractivity contribution >= 4 is 17.7 Å². The van der Waals surface area contributed by atoms with Crippen LogP contribution in [0.2, 0.25) is 0 Å². The lowest BCUT2D eigenvalue weighted by Gasteiger charge is -2.30. The topological polar surface area (TPSA) is 32.3 Å². The molecule has 1 aliphatic carbocycles. The van der Waals surface area contributed by atoms with Crippen LogP contribution in [0.4, 0.5) is 0 Å². The van der Waals surface area contributed by atoms with E-state index in [0.717, 1.165) is 18.9 Å². The molecule has 0 radical (unpaired) electrons. The third kappa shape index (κ3) is 2.86. The molecule has 108 valence electrons. The largest absolute Gasteiger partial charge is 0.322 e. The van der Waals surface area contributed by atoms with Gasteiger partial charge in [0.1, 0.15) is 6.17 Å². The van der Waals surface area contributed by atoms with Crippen molar-refractivity contribution in [3.8, 4) is 0 Å². The van der Waals surface area contributed by atoms with Crippen LogP contribution in [0.3, 0.4) is 0 Å². The SMILES string of the molecule is CSc1ccc(C2NCC(=O)N2CCC2CCC2)cc1. The zero-order valence-electron chi connectivity index (χ0n) is 12.0. The highest BCUT2D eigenvalue weighted by Gasteiger charge is 2.32. The number of amides is 1. The van der Waals surface area contributed by atoms with Crippen molar-refractivity contribution in [2.75, 3.05) is 19.3 Å². The summed E-state index contributed by atoms with van der Waals surface area (Å²) in [5, 5.41) is 3.34. The van der Waals surface area contributed by atoms with E-state index in [1.807, 2.05) is 4.90 Å². The van der Waals surface area contributed by atoms with E-state index in [9.17, 15) is 4.79 Å². The average molecular weight is 290 g/mol. The fourth-order valence-corrected chi connectivity index (χ4v) is 3.39. The van der Waals surface area contributed by atoms with Crippen molar-refractivity contribution in [2.45, 2.75) is 36.7 Å². The van der Waals surface area contributed by atoms with Crippen LogP contribution in [-0.2, 0) is 4.79 Å². The quantitative estimate of drug-likeness (QED) is 0.846. The van der Waals surface area contributed by atoms with Gasteiger partial charge in [-0.05, 0) is 36.3 Å². The normalized spacial score (nSPS) is 23.1. The Kier molecular flexibility index (Phi) is 4.32. The Morgan fingerprint density at radius 1 is 1.30 bits per heavy atom. The summed E-state index contributed by atoms with van der Waals surface area (Å²) >= 11 is 1.75. The van der Waals surface area contributed by atoms with Crippen LogP contribution >= 0.6 is 11.8 Å². The molecular formula is C16H22N2OS. The van der Waals surface area contributed by atoms with Gasteiger partial charge >= 0.3 is 0 Å². The molecule has 1 N–H and O–H groups in total. The number of carbonyl (C=O) groups is 1. The van der Waals surface area contributed by atoms with Crippen LogP contribution in [0, 0.1) is 5.92 Å². The highest BCUT2D eigenvalue weighted by molar-refractivity contribution is 7.98. The van der Waals surface area contributed by atoms with Crippen molar-refractivity contribution in [1.82, 2.24) is 10.2 Å². The van der Waals surface area contributed by atoms with Crippen LogP contribution in [-0.4, -0.2) is 30.2 Å². The Morgan fingerprint density at radius 3 is 2.65 bits per heavy atom. The first kappa shape index (κ1) is 14.0. The number of nitrogens with one attached hydrogen (secondary N) is 1. The molecule has 20 heavy (non-hydrogen) atoms. The van der Waals surface area contributed by atoms with Gasteiger partial charge in [-0.3, -0.25) is 10.1 Å². The maximum Gasteiger partial charge on any atom is 0.238 e. The molecule has 3 nitrogen and oxygen atoms in total. The van der Waals surface area contributed by atoms with Gasteiger partial charge in [0.2, 0.25) is 5.91 Å². The second-order valence-electron chi connectivity index (χ2n) is 5.73. The molecule has 1 saturated carbocycles. The lowest BCUT2D eigenvalue weighted by Crippen LogP contribution is -2.33. The van der Waals surface area contributed by atoms with E-state index >= 15 is 0 Å². The van der Waals surface area contributed by atoms with Crippen molar-refractivity contribution in [3.05, 3.63) is 29.8 Å². The smallest absolute Gasteiger partial charge is 0.238 e. The van der Waals surface area contributed by atoms with Gasteiger partial charge in [-0.1, -0.05) is 31.4 Å². The van der Waals surface area contributed by atoms with Gasteiger partial charge in [-0.15, -0.1) is 11.8 Å². The summed E-state index contributed by atoms with van der Waals surface area (Å²) in [5.41, 5.74) is 1.20. The maximum atomic E-state index is 12.1. The summed E-state index contributed by atoms with van der Waals surface area (Å²) in [6.07, 6.45) is 7.38. The second kappa shape index (κ2) is 6.19. The molecule has 0 aromatic heterocycles. The number of hydrogen-bond acceptors (Lipinski definition) is 3. The molecule has 1 aromatic rings. The first-order chi connectivity index (χ1) is 9.78. The monoisotopic (exact) mass is 290 g/mol. The number of thioether (sulfide) groups is 1. The molecule has 3 rings (SSSR count). The maximum absolute atomic E-state index is 12.1. The average Bonchev–Trinajstić information content (AvgIpc) is 2.79. The van der Waals surface area contributed by atoms with E-state index in [1.165, 1.54) is 29.7 Å². The van der Waals surface area contributed by atoms with E-state index in [2.05, 4.69) is 35.8 Å². The Bertz CT molecular complexity index is 470. The van der Waals surface area contributed by atoms with Gasteiger partial charge in [0.25, 0.3) is 0 Å². The molecule has 0 spiro atoms. The second-order valence-corrected chi connectivity index (χ2v) is 6.61. The summed E-state index contributed by atoms with van der Waals surface area (Å²) in [7, 11) is 0. The summed E-state index contributed by atoms with van der Waals surface area (Å²) < 4.78 is 0. The molecule has 1 aliphatic heterocycles. The van der Waals surface area contributed by atoms with Crippen molar-refractivity contribution in [3.63, 3.8) is 0 Å². The van der Waals surface area contributed by atoms with Crippen molar-refractivity contribution < 1.29 is 4.79 Å². The summed E-state index contributed by atoms with van der Waals surface area (Å²) in [6.45, 7) is 1.37. The van der Waals surface area contributed by atoms with Gasteiger partial charge in [-0.25, -0.2) is 0 Å². The van der Waals surface area contributed by atoms with Gasteiger partial charge < -0.3 is 4.90 Å². The number of hydrogen-bond donors (Lipinski definition) is 1. The molecule has 0 bridgehead atoms. The van der Waals surface area contributed by atoms with E-state index in [0.29, 0.717) is 6.54 Å². The number of carbonyl (C=O) groups excluding carboxylic acids is 1. The first-order valence-corrected chi connectivity index (χ1v) is 8.67. The highest BCUT2D eigenvalue weighted by Crippen LogP contribution is 2.31. The van der Waals surface area contributed by atoms with Crippen LogP contribution in [0.1, 0.15) is 37.4 Å². The molecule has 1 atom stereocenters. The molecule has 1 heterocycles. The highest BCUT2D eigenvalue weighted by atomic mass is 32.2. The van der Waals surface area contributed by atoms with Crippen molar-refractivity contribution in [1.29, 1.82) is 0 Å². The van der Waals surface area contributed by atoms with E-state index in [4.69, 9.17) is 0 Å². The van der Waals surface area contributed by atoms with Gasteiger partial charge in [0.05, 0.1) is 6.54 Å². The molecule has 4 heteroatoms. The third-order valence-corrected chi connectivity index (χ3v) is 5.26. The minimum Gasteiger partial charge on any atom is -0.322 e. The third-order valence-electron chi connectivity index (χ3n) is 4.51. The van der Waals surface area contributed by atoms with E-state index < -0.39 is 0 Å². The Balaban J connectivity index is 1.67. The predicted octanol–water partition coefficient (Wildman–Crippen LogP) is 3.03. The minimum absolute atomic E-state index is 0.0680. The molecule has 1 saturated heterocycles. The molecule has 1 unspecified atom stereocenters. The standard InChI is InChI=1S/C16H22N2OS/c1-20-14-7-5-13(6-8-14)16-17-11-15(19)18(16)10-9-12-3-2-4-12/h5-8,12,16-17H,2-4,9-11H2,1H3. The molecule has 1 amide bonds. The van der Waals surface area contributed by atoms with E-state index in [1.54, 1.807) is 11.8 Å². The molecular weight excluding hydrogens is 268 g/mol. The zero-order chi connectivity index (χ0) is 13.9. The first-order valence-electron chi connectivity index (χ1n) is 7.45.